The Morgan fingerprint density at radius 1 is 1.35 bits per heavy atom. The van der Waals surface area contributed by atoms with Gasteiger partial charge < -0.3 is 10.3 Å². The van der Waals surface area contributed by atoms with Gasteiger partial charge in [-0.15, -0.1) is 0 Å². The van der Waals surface area contributed by atoms with Crippen molar-refractivity contribution in [2.75, 3.05) is 0 Å². The molecule has 3 rings (SSSR count). The van der Waals surface area contributed by atoms with Crippen molar-refractivity contribution in [2.24, 2.45) is 0 Å². The van der Waals surface area contributed by atoms with Gasteiger partial charge in [0.05, 0.1) is 17.6 Å². The van der Waals surface area contributed by atoms with E-state index in [-0.39, 0.29) is 23.2 Å². The van der Waals surface area contributed by atoms with E-state index in [9.17, 15) is 4.79 Å². The highest BCUT2D eigenvalue weighted by atomic mass is 35.5. The second-order valence-corrected chi connectivity index (χ2v) is 5.76. The average Bonchev–Trinajstić information content (AvgIpc) is 3.00. The zero-order valence-electron chi connectivity index (χ0n) is 9.98. The Morgan fingerprint density at radius 3 is 2.85 bits per heavy atom. The van der Waals surface area contributed by atoms with Crippen molar-refractivity contribution in [2.45, 2.75) is 6.54 Å². The Labute approximate surface area is 128 Å². The quantitative estimate of drug-likeness (QED) is 0.776. The number of aromatic nitrogens is 3. The van der Waals surface area contributed by atoms with Crippen LogP contribution in [0.2, 0.25) is 9.36 Å². The molecule has 1 amide bonds. The fraction of sp³-hybridized carbons (Fsp3) is 0.0833. The van der Waals surface area contributed by atoms with Crippen molar-refractivity contribution in [3.63, 3.8) is 0 Å². The molecule has 0 fully saturated rings. The third kappa shape index (κ3) is 2.49. The second kappa shape index (κ2) is 5.40. The number of rotatable bonds is 3. The molecule has 0 aliphatic heterocycles. The summed E-state index contributed by atoms with van der Waals surface area (Å²) in [5.41, 5.74) is 1.91. The maximum Gasteiger partial charge on any atom is 0.272 e. The van der Waals surface area contributed by atoms with E-state index in [2.05, 4.69) is 19.7 Å². The van der Waals surface area contributed by atoms with Gasteiger partial charge in [-0.05, 0) is 23.7 Å². The van der Waals surface area contributed by atoms with E-state index in [0.29, 0.717) is 10.2 Å². The van der Waals surface area contributed by atoms with Gasteiger partial charge in [0.1, 0.15) is 15.2 Å². The van der Waals surface area contributed by atoms with Gasteiger partial charge in [-0.3, -0.25) is 4.79 Å². The molecule has 0 spiro atoms. The van der Waals surface area contributed by atoms with Crippen molar-refractivity contribution >= 4 is 51.7 Å². The van der Waals surface area contributed by atoms with Crippen LogP contribution >= 0.6 is 34.7 Å². The van der Waals surface area contributed by atoms with Crippen LogP contribution in [-0.4, -0.2) is 20.2 Å². The topological polar surface area (TPSA) is 70.7 Å². The van der Waals surface area contributed by atoms with Crippen LogP contribution in [-0.2, 0) is 6.54 Å². The number of hydrogen-bond acceptors (Lipinski definition) is 4. The first-order valence-corrected chi connectivity index (χ1v) is 7.20. The summed E-state index contributed by atoms with van der Waals surface area (Å²) in [5, 5.41) is 2.88. The molecule has 8 heteroatoms. The Morgan fingerprint density at radius 2 is 2.15 bits per heavy atom. The molecule has 1 aromatic carbocycles. The smallest absolute Gasteiger partial charge is 0.272 e. The first-order chi connectivity index (χ1) is 9.65. The number of carbonyl (C=O) groups excluding carboxylic acids is 1. The van der Waals surface area contributed by atoms with E-state index in [4.69, 9.17) is 23.2 Å². The minimum absolute atomic E-state index is 0.137. The minimum Gasteiger partial charge on any atom is -0.343 e. The van der Waals surface area contributed by atoms with Crippen molar-refractivity contribution in [3.8, 4) is 0 Å². The van der Waals surface area contributed by atoms with E-state index in [1.54, 1.807) is 0 Å². The standard InChI is InChI=1S/C12H8Cl2N4OS/c13-9-10(18-20-11(9)14)12(19)15-5-8-16-6-3-1-2-4-7(6)17-8/h1-4H,5H2,(H,15,19)(H,16,17). The van der Waals surface area contributed by atoms with Crippen molar-refractivity contribution < 1.29 is 4.79 Å². The van der Waals surface area contributed by atoms with Crippen LogP contribution in [0.3, 0.4) is 0 Å². The number of H-pyrrole nitrogens is 1. The van der Waals surface area contributed by atoms with E-state index < -0.39 is 0 Å². The number of carbonyl (C=O) groups is 1. The monoisotopic (exact) mass is 326 g/mol. The molecule has 2 heterocycles. The van der Waals surface area contributed by atoms with Crippen molar-refractivity contribution in [1.29, 1.82) is 0 Å². The van der Waals surface area contributed by atoms with Crippen LogP contribution in [0.4, 0.5) is 0 Å². The Balaban J connectivity index is 1.73. The van der Waals surface area contributed by atoms with Gasteiger partial charge in [-0.2, -0.15) is 4.37 Å². The number of nitrogens with one attached hydrogen (secondary N) is 2. The van der Waals surface area contributed by atoms with Gasteiger partial charge in [0.25, 0.3) is 5.91 Å². The third-order valence-electron chi connectivity index (χ3n) is 2.67. The molecular formula is C12H8Cl2N4OS. The summed E-state index contributed by atoms with van der Waals surface area (Å²) in [6.45, 7) is 0.263. The maximum absolute atomic E-state index is 11.9. The molecule has 0 bridgehead atoms. The summed E-state index contributed by atoms with van der Waals surface area (Å²) in [7, 11) is 0. The molecule has 0 atom stereocenters. The second-order valence-electron chi connectivity index (χ2n) is 4.00. The highest BCUT2D eigenvalue weighted by molar-refractivity contribution is 7.11. The van der Waals surface area contributed by atoms with Crippen LogP contribution in [0.25, 0.3) is 11.0 Å². The molecule has 3 aromatic rings. The van der Waals surface area contributed by atoms with Gasteiger partial charge in [0.2, 0.25) is 0 Å². The van der Waals surface area contributed by atoms with E-state index in [1.807, 2.05) is 24.3 Å². The van der Waals surface area contributed by atoms with Gasteiger partial charge in [-0.1, -0.05) is 35.3 Å². The summed E-state index contributed by atoms with van der Waals surface area (Å²) in [6.07, 6.45) is 0. The number of aromatic amines is 1. The van der Waals surface area contributed by atoms with Crippen LogP contribution in [0.5, 0.6) is 0 Å². The van der Waals surface area contributed by atoms with Crippen LogP contribution in [0.1, 0.15) is 16.3 Å². The van der Waals surface area contributed by atoms with E-state index in [1.165, 1.54) is 0 Å². The first-order valence-electron chi connectivity index (χ1n) is 5.67. The van der Waals surface area contributed by atoms with Gasteiger partial charge in [0.15, 0.2) is 5.69 Å². The lowest BCUT2D eigenvalue weighted by molar-refractivity contribution is 0.0946. The van der Waals surface area contributed by atoms with E-state index in [0.717, 1.165) is 22.6 Å². The van der Waals surface area contributed by atoms with Crippen LogP contribution < -0.4 is 5.32 Å². The van der Waals surface area contributed by atoms with Crippen molar-refractivity contribution in [3.05, 3.63) is 45.1 Å². The Hall–Kier alpha value is -1.63. The molecule has 2 N–H and O–H groups in total. The number of amides is 1. The van der Waals surface area contributed by atoms with E-state index >= 15 is 0 Å². The number of para-hydroxylation sites is 2. The number of imidazole rings is 1. The Bertz CT molecular complexity index is 750. The number of hydrogen-bond donors (Lipinski definition) is 2. The number of nitrogens with zero attached hydrogens (tertiary/aromatic N) is 2. The molecule has 0 aliphatic rings. The molecule has 0 radical (unpaired) electrons. The van der Waals surface area contributed by atoms with Gasteiger partial charge >= 0.3 is 0 Å². The lowest BCUT2D eigenvalue weighted by Crippen LogP contribution is -2.23. The van der Waals surface area contributed by atoms with Crippen LogP contribution in [0.15, 0.2) is 24.3 Å². The minimum atomic E-state index is -0.376. The summed E-state index contributed by atoms with van der Waals surface area (Å²) >= 11 is 12.6. The number of fused-ring (bicyclic) bond motifs is 1. The number of benzene rings is 1. The SMILES string of the molecule is O=C(NCc1nc2ccccc2[nH]1)c1nsc(Cl)c1Cl. The number of halogens is 2. The summed E-state index contributed by atoms with van der Waals surface area (Å²) < 4.78 is 4.21. The molecule has 0 aliphatic carbocycles. The average molecular weight is 327 g/mol. The molecular weight excluding hydrogens is 319 g/mol. The summed E-state index contributed by atoms with van der Waals surface area (Å²) in [4.78, 5) is 19.4. The summed E-state index contributed by atoms with van der Waals surface area (Å²) in [5.74, 6) is 0.288. The largest absolute Gasteiger partial charge is 0.343 e. The zero-order valence-corrected chi connectivity index (χ0v) is 12.3. The normalized spacial score (nSPS) is 10.9. The molecule has 2 aromatic heterocycles. The van der Waals surface area contributed by atoms with Gasteiger partial charge in [-0.25, -0.2) is 4.98 Å². The Kier molecular flexibility index (Phi) is 3.60. The molecule has 0 unspecified atom stereocenters. The van der Waals surface area contributed by atoms with Crippen LogP contribution in [0, 0.1) is 0 Å². The highest BCUT2D eigenvalue weighted by Gasteiger charge is 2.17. The summed E-state index contributed by atoms with van der Waals surface area (Å²) in [6, 6.07) is 7.64. The molecule has 102 valence electrons. The third-order valence-corrected chi connectivity index (χ3v) is 4.28. The molecule has 5 nitrogen and oxygen atoms in total. The first kappa shape index (κ1) is 13.4. The molecule has 0 saturated carbocycles. The predicted octanol–water partition coefficient (Wildman–Crippen LogP) is 3.26. The fourth-order valence-corrected chi connectivity index (χ4v) is 2.73. The van der Waals surface area contributed by atoms with Crippen molar-refractivity contribution in [1.82, 2.24) is 19.7 Å². The molecule has 0 saturated heterocycles. The molecule has 20 heavy (non-hydrogen) atoms. The lowest BCUT2D eigenvalue weighted by atomic mass is 10.3. The highest BCUT2D eigenvalue weighted by Crippen LogP contribution is 2.29. The van der Waals surface area contributed by atoms with Gasteiger partial charge in [0, 0.05) is 0 Å². The fourth-order valence-electron chi connectivity index (χ4n) is 1.74. The predicted molar refractivity (Wildman–Crippen MR) is 79.4 cm³/mol. The maximum atomic E-state index is 11.9. The lowest BCUT2D eigenvalue weighted by Gasteiger charge is -2.00. The zero-order chi connectivity index (χ0) is 14.1.